The molecule has 0 bridgehead atoms. The fourth-order valence-electron chi connectivity index (χ4n) is 0.786. The summed E-state index contributed by atoms with van der Waals surface area (Å²) in [5.41, 5.74) is 0.404. The number of aromatic nitrogens is 2. The molecule has 0 spiro atoms. The summed E-state index contributed by atoms with van der Waals surface area (Å²) in [6.45, 7) is 0. The number of nitrogens with one attached hydrogen (secondary N) is 1. The molecule has 0 saturated heterocycles. The van der Waals surface area contributed by atoms with Gasteiger partial charge in [-0.1, -0.05) is 0 Å². The molecule has 1 aromatic heterocycles. The number of carbonyl (C=O) groups excluding carboxylic acids is 1. The van der Waals surface area contributed by atoms with E-state index in [-0.39, 0.29) is 5.97 Å². The lowest BCUT2D eigenvalue weighted by molar-refractivity contribution is 0.0594. The summed E-state index contributed by atoms with van der Waals surface area (Å²) in [6.07, 6.45) is 3.46. The zero-order valence-electron chi connectivity index (χ0n) is 6.96. The van der Waals surface area contributed by atoms with Crippen molar-refractivity contribution in [2.24, 2.45) is 0 Å². The zero-order chi connectivity index (χ0) is 8.97. The van der Waals surface area contributed by atoms with E-state index in [1.165, 1.54) is 13.3 Å². The average molecular weight is 186 g/mol. The van der Waals surface area contributed by atoms with Crippen LogP contribution in [0.4, 0.5) is 0 Å². The summed E-state index contributed by atoms with van der Waals surface area (Å²) in [4.78, 5) is 17.8. The Balaban J connectivity index is 2.70. The summed E-state index contributed by atoms with van der Waals surface area (Å²) in [7, 11) is 1.34. The Labute approximate surface area is 74.7 Å². The van der Waals surface area contributed by atoms with Crippen molar-refractivity contribution in [3.05, 3.63) is 17.7 Å². The van der Waals surface area contributed by atoms with E-state index < -0.39 is 0 Å². The van der Waals surface area contributed by atoms with Crippen molar-refractivity contribution in [3.63, 3.8) is 0 Å². The van der Waals surface area contributed by atoms with Crippen LogP contribution in [-0.4, -0.2) is 29.3 Å². The second-order valence-corrected chi connectivity index (χ2v) is 3.03. The minimum Gasteiger partial charge on any atom is -0.464 e. The molecule has 0 fully saturated rings. The third-order valence-corrected chi connectivity index (χ3v) is 1.88. The summed E-state index contributed by atoms with van der Waals surface area (Å²) in [5, 5.41) is 0. The van der Waals surface area contributed by atoms with Gasteiger partial charge in [0.1, 0.15) is 11.5 Å². The van der Waals surface area contributed by atoms with Gasteiger partial charge in [0.05, 0.1) is 19.1 Å². The second-order valence-electron chi connectivity index (χ2n) is 2.17. The number of hydrogen-bond donors (Lipinski definition) is 1. The molecule has 0 amide bonds. The summed E-state index contributed by atoms with van der Waals surface area (Å²) in [5.74, 6) is 1.19. The molecule has 0 aliphatic carbocycles. The molecule has 0 aliphatic rings. The predicted octanol–water partition coefficient (Wildman–Crippen LogP) is 1.06. The first kappa shape index (κ1) is 9.12. The third-order valence-electron chi connectivity index (χ3n) is 1.31. The molecule has 0 saturated carbocycles. The molecule has 1 aromatic rings. The third kappa shape index (κ3) is 2.01. The van der Waals surface area contributed by atoms with Crippen molar-refractivity contribution < 1.29 is 9.53 Å². The fraction of sp³-hybridized carbons (Fsp3) is 0.429. The lowest BCUT2D eigenvalue weighted by Gasteiger charge is -1.92. The molecule has 1 rings (SSSR count). The molecular formula is C7H10N2O2S. The van der Waals surface area contributed by atoms with Crippen LogP contribution in [0.5, 0.6) is 0 Å². The highest BCUT2D eigenvalue weighted by Crippen LogP contribution is 2.05. The second kappa shape index (κ2) is 4.15. The molecule has 0 unspecified atom stereocenters. The highest BCUT2D eigenvalue weighted by atomic mass is 32.2. The number of aromatic amines is 1. The fourth-order valence-corrected chi connectivity index (χ4v) is 1.21. The van der Waals surface area contributed by atoms with Gasteiger partial charge in [0.15, 0.2) is 0 Å². The maximum atomic E-state index is 10.9. The van der Waals surface area contributed by atoms with Gasteiger partial charge in [0, 0.05) is 0 Å². The molecule has 5 heteroatoms. The number of hydrogen-bond acceptors (Lipinski definition) is 4. The largest absolute Gasteiger partial charge is 0.464 e. The SMILES string of the molecule is COC(=O)c1cnc(CSC)[nH]1. The van der Waals surface area contributed by atoms with Crippen molar-refractivity contribution >= 4 is 17.7 Å². The number of imidazole rings is 1. The van der Waals surface area contributed by atoms with Crippen molar-refractivity contribution in [2.45, 2.75) is 5.75 Å². The van der Waals surface area contributed by atoms with E-state index in [1.54, 1.807) is 11.8 Å². The minimum absolute atomic E-state index is 0.380. The van der Waals surface area contributed by atoms with Gasteiger partial charge in [-0.3, -0.25) is 0 Å². The maximum Gasteiger partial charge on any atom is 0.356 e. The van der Waals surface area contributed by atoms with Crippen LogP contribution in [0.25, 0.3) is 0 Å². The molecular weight excluding hydrogens is 176 g/mol. The van der Waals surface area contributed by atoms with Crippen LogP contribution in [0.3, 0.4) is 0 Å². The number of rotatable bonds is 3. The standard InChI is InChI=1S/C7H10N2O2S/c1-11-7(10)5-3-8-6(9-5)4-12-2/h3H,4H2,1-2H3,(H,8,9). The Kier molecular flexibility index (Phi) is 3.16. The van der Waals surface area contributed by atoms with Crippen LogP contribution < -0.4 is 0 Å². The summed E-state index contributed by atoms with van der Waals surface area (Å²) >= 11 is 1.64. The number of methoxy groups -OCH3 is 1. The molecule has 1 heterocycles. The molecule has 4 nitrogen and oxygen atoms in total. The first-order chi connectivity index (χ1) is 5.77. The highest BCUT2D eigenvalue weighted by molar-refractivity contribution is 7.97. The van der Waals surface area contributed by atoms with Crippen molar-refractivity contribution in [3.8, 4) is 0 Å². The molecule has 12 heavy (non-hydrogen) atoms. The van der Waals surface area contributed by atoms with Gasteiger partial charge < -0.3 is 9.72 Å². The highest BCUT2D eigenvalue weighted by Gasteiger charge is 2.08. The smallest absolute Gasteiger partial charge is 0.356 e. The van der Waals surface area contributed by atoms with Crippen molar-refractivity contribution in [1.29, 1.82) is 0 Å². The Bertz CT molecular complexity index is 272. The van der Waals surface area contributed by atoms with Gasteiger partial charge in [-0.15, -0.1) is 0 Å². The van der Waals surface area contributed by atoms with Crippen molar-refractivity contribution in [2.75, 3.05) is 13.4 Å². The Morgan fingerprint density at radius 3 is 3.17 bits per heavy atom. The Morgan fingerprint density at radius 2 is 2.58 bits per heavy atom. The lowest BCUT2D eigenvalue weighted by Crippen LogP contribution is -2.01. The zero-order valence-corrected chi connectivity index (χ0v) is 7.77. The van der Waals surface area contributed by atoms with E-state index in [1.807, 2.05) is 6.26 Å². The first-order valence-electron chi connectivity index (χ1n) is 3.39. The molecule has 0 aromatic carbocycles. The van der Waals surface area contributed by atoms with Gasteiger partial charge in [0.25, 0.3) is 0 Å². The van der Waals surface area contributed by atoms with E-state index in [0.717, 1.165) is 11.6 Å². The van der Waals surface area contributed by atoms with Crippen LogP contribution in [-0.2, 0) is 10.5 Å². The monoisotopic (exact) mass is 186 g/mol. The van der Waals surface area contributed by atoms with Crippen LogP contribution >= 0.6 is 11.8 Å². The van der Waals surface area contributed by atoms with Crippen LogP contribution in [0.2, 0.25) is 0 Å². The quantitative estimate of drug-likeness (QED) is 0.717. The number of esters is 1. The van der Waals surface area contributed by atoms with E-state index in [9.17, 15) is 4.79 Å². The number of nitrogens with zero attached hydrogens (tertiary/aromatic N) is 1. The summed E-state index contributed by atoms with van der Waals surface area (Å²) in [6, 6.07) is 0. The van der Waals surface area contributed by atoms with Gasteiger partial charge in [-0.2, -0.15) is 11.8 Å². The molecule has 0 aliphatic heterocycles. The predicted molar refractivity (Wildman–Crippen MR) is 47.1 cm³/mol. The molecule has 66 valence electrons. The van der Waals surface area contributed by atoms with E-state index in [0.29, 0.717) is 5.69 Å². The topological polar surface area (TPSA) is 55.0 Å². The molecule has 0 radical (unpaired) electrons. The molecule has 0 atom stereocenters. The van der Waals surface area contributed by atoms with Crippen molar-refractivity contribution in [1.82, 2.24) is 9.97 Å². The van der Waals surface area contributed by atoms with Crippen LogP contribution in [0, 0.1) is 0 Å². The number of carbonyl (C=O) groups is 1. The average Bonchev–Trinajstić information content (AvgIpc) is 2.52. The number of ether oxygens (including phenoxy) is 1. The number of H-pyrrole nitrogens is 1. The Morgan fingerprint density at radius 1 is 1.83 bits per heavy atom. The lowest BCUT2D eigenvalue weighted by atomic mass is 10.5. The van der Waals surface area contributed by atoms with E-state index in [4.69, 9.17) is 0 Å². The summed E-state index contributed by atoms with van der Waals surface area (Å²) < 4.78 is 4.51. The van der Waals surface area contributed by atoms with Crippen LogP contribution in [0.15, 0.2) is 6.20 Å². The van der Waals surface area contributed by atoms with Gasteiger partial charge in [-0.25, -0.2) is 9.78 Å². The van der Waals surface area contributed by atoms with Gasteiger partial charge in [0.2, 0.25) is 0 Å². The van der Waals surface area contributed by atoms with Gasteiger partial charge >= 0.3 is 5.97 Å². The normalized spacial score (nSPS) is 9.83. The first-order valence-corrected chi connectivity index (χ1v) is 4.78. The van der Waals surface area contributed by atoms with E-state index >= 15 is 0 Å². The van der Waals surface area contributed by atoms with Crippen LogP contribution in [0.1, 0.15) is 16.3 Å². The van der Waals surface area contributed by atoms with Gasteiger partial charge in [-0.05, 0) is 6.26 Å². The minimum atomic E-state index is -0.380. The Hall–Kier alpha value is -0.970. The molecule has 1 N–H and O–H groups in total. The maximum absolute atomic E-state index is 10.9. The number of thioether (sulfide) groups is 1. The van der Waals surface area contributed by atoms with E-state index in [2.05, 4.69) is 14.7 Å².